The minimum atomic E-state index is -0.104. The Hall–Kier alpha value is -1.11. The fraction of sp³-hybridized carbons (Fsp3) is 0.688. The Morgan fingerprint density at radius 3 is 2.59 bits per heavy atom. The standard InChI is InChI=1S/C16H27N3O2S/c1-4-13-5-6-14(22-13)11-17-15(20)18-12-16(2,3)19-7-9-21-10-8-19/h5-6H,4,7-12H2,1-3H3,(H2,17,18,20). The van der Waals surface area contributed by atoms with Crippen molar-refractivity contribution in [3.8, 4) is 0 Å². The minimum Gasteiger partial charge on any atom is -0.379 e. The van der Waals surface area contributed by atoms with Gasteiger partial charge in [0.25, 0.3) is 0 Å². The summed E-state index contributed by atoms with van der Waals surface area (Å²) in [6.07, 6.45) is 1.05. The first kappa shape index (κ1) is 17.2. The minimum absolute atomic E-state index is 0.0561. The average molecular weight is 325 g/mol. The average Bonchev–Trinajstić information content (AvgIpc) is 3.00. The van der Waals surface area contributed by atoms with Gasteiger partial charge in [-0.1, -0.05) is 6.92 Å². The zero-order valence-corrected chi connectivity index (χ0v) is 14.6. The quantitative estimate of drug-likeness (QED) is 0.843. The van der Waals surface area contributed by atoms with Crippen LogP contribution in [0.5, 0.6) is 0 Å². The molecule has 1 aliphatic rings. The lowest BCUT2D eigenvalue weighted by atomic mass is 10.0. The van der Waals surface area contributed by atoms with Gasteiger partial charge in [0.15, 0.2) is 0 Å². The van der Waals surface area contributed by atoms with E-state index < -0.39 is 0 Å². The zero-order valence-electron chi connectivity index (χ0n) is 13.8. The van der Waals surface area contributed by atoms with Gasteiger partial charge in [0.05, 0.1) is 19.8 Å². The number of amides is 2. The van der Waals surface area contributed by atoms with E-state index in [-0.39, 0.29) is 11.6 Å². The van der Waals surface area contributed by atoms with E-state index in [9.17, 15) is 4.79 Å². The van der Waals surface area contributed by atoms with Gasteiger partial charge in [-0.3, -0.25) is 4.90 Å². The lowest BCUT2D eigenvalue weighted by Gasteiger charge is -2.40. The first-order chi connectivity index (χ1) is 10.5. The van der Waals surface area contributed by atoms with Crippen molar-refractivity contribution in [3.05, 3.63) is 21.9 Å². The second kappa shape index (κ2) is 7.94. The number of morpholine rings is 1. The van der Waals surface area contributed by atoms with Gasteiger partial charge in [0.2, 0.25) is 0 Å². The predicted molar refractivity (Wildman–Crippen MR) is 90.4 cm³/mol. The number of aryl methyl sites for hydroxylation is 1. The Kier molecular flexibility index (Phi) is 6.23. The molecule has 0 radical (unpaired) electrons. The van der Waals surface area contributed by atoms with E-state index in [1.807, 2.05) is 0 Å². The molecule has 1 aromatic heterocycles. The van der Waals surface area contributed by atoms with Crippen LogP contribution in [0.2, 0.25) is 0 Å². The van der Waals surface area contributed by atoms with Crippen LogP contribution in [0.1, 0.15) is 30.5 Å². The third-order valence-corrected chi connectivity index (χ3v) is 5.27. The molecule has 6 heteroatoms. The molecular formula is C16H27N3O2S. The van der Waals surface area contributed by atoms with Gasteiger partial charge >= 0.3 is 6.03 Å². The van der Waals surface area contributed by atoms with E-state index in [1.165, 1.54) is 9.75 Å². The molecule has 1 fully saturated rings. The molecule has 0 saturated carbocycles. The summed E-state index contributed by atoms with van der Waals surface area (Å²) < 4.78 is 5.38. The van der Waals surface area contributed by atoms with Crippen LogP contribution in [0, 0.1) is 0 Å². The number of thiophene rings is 1. The first-order valence-electron chi connectivity index (χ1n) is 7.93. The second-order valence-corrected chi connectivity index (χ2v) is 7.42. The number of carbonyl (C=O) groups excluding carboxylic acids is 1. The molecule has 0 spiro atoms. The van der Waals surface area contributed by atoms with Crippen molar-refractivity contribution in [1.82, 2.24) is 15.5 Å². The summed E-state index contributed by atoms with van der Waals surface area (Å²) in [5.74, 6) is 0. The van der Waals surface area contributed by atoms with E-state index in [2.05, 4.69) is 48.4 Å². The van der Waals surface area contributed by atoms with Crippen molar-refractivity contribution in [1.29, 1.82) is 0 Å². The van der Waals surface area contributed by atoms with Crippen LogP contribution in [0.4, 0.5) is 4.79 Å². The Balaban J connectivity index is 1.72. The molecule has 2 N–H and O–H groups in total. The van der Waals surface area contributed by atoms with Gasteiger partial charge < -0.3 is 15.4 Å². The number of urea groups is 1. The number of ether oxygens (including phenoxy) is 1. The van der Waals surface area contributed by atoms with Crippen molar-refractivity contribution in [3.63, 3.8) is 0 Å². The molecule has 1 saturated heterocycles. The van der Waals surface area contributed by atoms with Crippen molar-refractivity contribution in [2.45, 2.75) is 39.3 Å². The Morgan fingerprint density at radius 1 is 1.27 bits per heavy atom. The van der Waals surface area contributed by atoms with Crippen molar-refractivity contribution in [2.75, 3.05) is 32.8 Å². The third kappa shape index (κ3) is 4.97. The first-order valence-corrected chi connectivity index (χ1v) is 8.75. The lowest BCUT2D eigenvalue weighted by Crippen LogP contribution is -2.56. The number of rotatable bonds is 6. The topological polar surface area (TPSA) is 53.6 Å². The monoisotopic (exact) mass is 325 g/mol. The Morgan fingerprint density at radius 2 is 1.95 bits per heavy atom. The third-order valence-electron chi connectivity index (χ3n) is 4.04. The molecule has 0 aromatic carbocycles. The zero-order chi connectivity index (χ0) is 16.0. The van der Waals surface area contributed by atoms with E-state index in [0.717, 1.165) is 32.7 Å². The highest BCUT2D eigenvalue weighted by Crippen LogP contribution is 2.17. The second-order valence-electron chi connectivity index (χ2n) is 6.17. The molecule has 0 unspecified atom stereocenters. The smallest absolute Gasteiger partial charge is 0.315 e. The summed E-state index contributed by atoms with van der Waals surface area (Å²) in [5, 5.41) is 5.91. The molecule has 2 rings (SSSR count). The number of nitrogens with zero attached hydrogens (tertiary/aromatic N) is 1. The number of carbonyl (C=O) groups is 1. The maximum absolute atomic E-state index is 12.0. The highest BCUT2D eigenvalue weighted by atomic mass is 32.1. The van der Waals surface area contributed by atoms with Gasteiger partial charge in [-0.25, -0.2) is 4.79 Å². The summed E-state index contributed by atoms with van der Waals surface area (Å²) in [6, 6.07) is 4.11. The van der Waals surface area contributed by atoms with E-state index in [0.29, 0.717) is 13.1 Å². The molecule has 0 aliphatic carbocycles. The largest absolute Gasteiger partial charge is 0.379 e. The van der Waals surface area contributed by atoms with Gasteiger partial charge in [0.1, 0.15) is 0 Å². The van der Waals surface area contributed by atoms with Crippen molar-refractivity contribution in [2.24, 2.45) is 0 Å². The normalized spacial score (nSPS) is 16.5. The van der Waals surface area contributed by atoms with Crippen LogP contribution in [-0.2, 0) is 17.7 Å². The van der Waals surface area contributed by atoms with Gasteiger partial charge in [-0.05, 0) is 32.4 Å². The SMILES string of the molecule is CCc1ccc(CNC(=O)NCC(C)(C)N2CCOCC2)s1. The van der Waals surface area contributed by atoms with Crippen molar-refractivity contribution < 1.29 is 9.53 Å². The highest BCUT2D eigenvalue weighted by Gasteiger charge is 2.28. The number of hydrogen-bond donors (Lipinski definition) is 2. The molecular weight excluding hydrogens is 298 g/mol. The van der Waals surface area contributed by atoms with E-state index in [4.69, 9.17) is 4.74 Å². The predicted octanol–water partition coefficient (Wildman–Crippen LogP) is 2.22. The summed E-state index contributed by atoms with van der Waals surface area (Å²) in [6.45, 7) is 11.1. The molecule has 0 bridgehead atoms. The van der Waals surface area contributed by atoms with Crippen LogP contribution >= 0.6 is 11.3 Å². The molecule has 1 aromatic rings. The van der Waals surface area contributed by atoms with Crippen LogP contribution in [0.15, 0.2) is 12.1 Å². The Labute approximate surface area is 137 Å². The van der Waals surface area contributed by atoms with Gasteiger partial charge in [0, 0.05) is 34.9 Å². The van der Waals surface area contributed by atoms with Crippen LogP contribution < -0.4 is 10.6 Å². The van der Waals surface area contributed by atoms with Gasteiger partial charge in [-0.15, -0.1) is 11.3 Å². The molecule has 124 valence electrons. The van der Waals surface area contributed by atoms with E-state index in [1.54, 1.807) is 11.3 Å². The molecule has 2 amide bonds. The molecule has 1 aliphatic heterocycles. The lowest BCUT2D eigenvalue weighted by molar-refractivity contribution is -0.00874. The molecule has 5 nitrogen and oxygen atoms in total. The van der Waals surface area contributed by atoms with Crippen LogP contribution in [0.25, 0.3) is 0 Å². The van der Waals surface area contributed by atoms with Crippen LogP contribution in [0.3, 0.4) is 0 Å². The molecule has 0 atom stereocenters. The maximum Gasteiger partial charge on any atom is 0.315 e. The van der Waals surface area contributed by atoms with E-state index >= 15 is 0 Å². The molecule has 2 heterocycles. The Bertz CT molecular complexity index is 481. The maximum atomic E-state index is 12.0. The summed E-state index contributed by atoms with van der Waals surface area (Å²) in [5.41, 5.74) is -0.0561. The van der Waals surface area contributed by atoms with Gasteiger partial charge in [-0.2, -0.15) is 0 Å². The van der Waals surface area contributed by atoms with Crippen LogP contribution in [-0.4, -0.2) is 49.3 Å². The van der Waals surface area contributed by atoms with Crippen molar-refractivity contribution >= 4 is 17.4 Å². The summed E-state index contributed by atoms with van der Waals surface area (Å²) in [7, 11) is 0. The number of nitrogens with one attached hydrogen (secondary N) is 2. The molecule has 22 heavy (non-hydrogen) atoms. The highest BCUT2D eigenvalue weighted by molar-refractivity contribution is 7.11. The fourth-order valence-corrected chi connectivity index (χ4v) is 3.41. The summed E-state index contributed by atoms with van der Waals surface area (Å²) >= 11 is 1.76. The number of hydrogen-bond acceptors (Lipinski definition) is 4. The fourth-order valence-electron chi connectivity index (χ4n) is 2.51. The summed E-state index contributed by atoms with van der Waals surface area (Å²) in [4.78, 5) is 16.9.